The fourth-order valence-corrected chi connectivity index (χ4v) is 2.43. The average Bonchev–Trinajstić information content (AvgIpc) is 2.74. The van der Waals surface area contributed by atoms with Crippen LogP contribution in [0.3, 0.4) is 0 Å². The van der Waals surface area contributed by atoms with Crippen molar-refractivity contribution in [1.29, 1.82) is 0 Å². The lowest BCUT2D eigenvalue weighted by molar-refractivity contribution is 0.198. The van der Waals surface area contributed by atoms with Gasteiger partial charge in [0.15, 0.2) is 0 Å². The van der Waals surface area contributed by atoms with Gasteiger partial charge in [0.25, 0.3) is 0 Å². The molecule has 0 saturated carbocycles. The van der Waals surface area contributed by atoms with Gasteiger partial charge in [-0.25, -0.2) is 0 Å². The standard InChI is InChI=1S/C17H26O2/c1-13(6-5-10-17(2,3)4)19-15-8-7-14-9-11-18-16(14)12-15/h7-8,12-13H,5-6,9-11H2,1-4H3. The highest BCUT2D eigenvalue weighted by atomic mass is 16.5. The van der Waals surface area contributed by atoms with Gasteiger partial charge in [-0.1, -0.05) is 26.8 Å². The van der Waals surface area contributed by atoms with E-state index in [1.54, 1.807) is 0 Å². The maximum atomic E-state index is 5.97. The van der Waals surface area contributed by atoms with Crippen LogP contribution in [0.5, 0.6) is 11.5 Å². The van der Waals surface area contributed by atoms with Gasteiger partial charge in [0.05, 0.1) is 12.7 Å². The van der Waals surface area contributed by atoms with Crippen LogP contribution in [0.15, 0.2) is 18.2 Å². The Bertz CT molecular complexity index is 418. The summed E-state index contributed by atoms with van der Waals surface area (Å²) in [5, 5.41) is 0. The number of hydrogen-bond donors (Lipinski definition) is 0. The van der Waals surface area contributed by atoms with Crippen molar-refractivity contribution in [3.63, 3.8) is 0 Å². The summed E-state index contributed by atoms with van der Waals surface area (Å²) >= 11 is 0. The predicted molar refractivity (Wildman–Crippen MR) is 79.0 cm³/mol. The van der Waals surface area contributed by atoms with Crippen LogP contribution in [0.25, 0.3) is 0 Å². The maximum Gasteiger partial charge on any atom is 0.126 e. The molecule has 0 spiro atoms. The maximum absolute atomic E-state index is 5.97. The van der Waals surface area contributed by atoms with Crippen molar-refractivity contribution < 1.29 is 9.47 Å². The minimum atomic E-state index is 0.266. The molecule has 0 saturated heterocycles. The number of benzene rings is 1. The number of hydrogen-bond acceptors (Lipinski definition) is 2. The fraction of sp³-hybridized carbons (Fsp3) is 0.647. The van der Waals surface area contributed by atoms with Crippen molar-refractivity contribution in [2.45, 2.75) is 59.5 Å². The van der Waals surface area contributed by atoms with Crippen LogP contribution in [0, 0.1) is 5.41 Å². The lowest BCUT2D eigenvalue weighted by Gasteiger charge is -2.20. The molecule has 0 bridgehead atoms. The third-order valence-electron chi connectivity index (χ3n) is 3.54. The largest absolute Gasteiger partial charge is 0.493 e. The molecule has 1 atom stereocenters. The van der Waals surface area contributed by atoms with Crippen molar-refractivity contribution in [3.8, 4) is 11.5 Å². The van der Waals surface area contributed by atoms with Gasteiger partial charge in [-0.15, -0.1) is 0 Å². The second-order valence-corrected chi connectivity index (χ2v) is 6.75. The second-order valence-electron chi connectivity index (χ2n) is 6.75. The van der Waals surface area contributed by atoms with Crippen LogP contribution >= 0.6 is 0 Å². The van der Waals surface area contributed by atoms with Crippen molar-refractivity contribution >= 4 is 0 Å². The normalized spacial score (nSPS) is 15.8. The SMILES string of the molecule is CC(CCCC(C)(C)C)Oc1ccc2c(c1)OCC2. The van der Waals surface area contributed by atoms with E-state index in [4.69, 9.17) is 9.47 Å². The number of fused-ring (bicyclic) bond motifs is 1. The van der Waals surface area contributed by atoms with E-state index in [2.05, 4.69) is 39.8 Å². The monoisotopic (exact) mass is 262 g/mol. The average molecular weight is 262 g/mol. The molecule has 2 nitrogen and oxygen atoms in total. The Labute approximate surface area is 117 Å². The van der Waals surface area contributed by atoms with E-state index in [1.165, 1.54) is 18.4 Å². The third-order valence-corrected chi connectivity index (χ3v) is 3.54. The third kappa shape index (κ3) is 4.45. The molecule has 19 heavy (non-hydrogen) atoms. The van der Waals surface area contributed by atoms with Crippen molar-refractivity contribution in [3.05, 3.63) is 23.8 Å². The van der Waals surface area contributed by atoms with E-state index in [0.29, 0.717) is 5.41 Å². The molecule has 0 amide bonds. The Hall–Kier alpha value is -1.18. The van der Waals surface area contributed by atoms with Crippen LogP contribution in [-0.4, -0.2) is 12.7 Å². The minimum absolute atomic E-state index is 0.266. The summed E-state index contributed by atoms with van der Waals surface area (Å²) in [5.74, 6) is 1.93. The lowest BCUT2D eigenvalue weighted by atomic mass is 9.89. The smallest absolute Gasteiger partial charge is 0.126 e. The summed E-state index contributed by atoms with van der Waals surface area (Å²) in [6.45, 7) is 9.82. The number of rotatable bonds is 5. The molecule has 1 unspecified atom stereocenters. The summed E-state index contributed by atoms with van der Waals surface area (Å²) in [6.07, 6.45) is 4.85. The van der Waals surface area contributed by atoms with Crippen LogP contribution in [0.2, 0.25) is 0 Å². The summed E-state index contributed by atoms with van der Waals surface area (Å²) in [6, 6.07) is 6.22. The Morgan fingerprint density at radius 3 is 2.84 bits per heavy atom. The molecule has 0 fully saturated rings. The van der Waals surface area contributed by atoms with Crippen LogP contribution in [0.1, 0.15) is 52.5 Å². The summed E-state index contributed by atoms with van der Waals surface area (Å²) in [7, 11) is 0. The Kier molecular flexibility index (Phi) is 4.38. The molecule has 1 aromatic carbocycles. The molecule has 1 aliphatic heterocycles. The van der Waals surface area contributed by atoms with Gasteiger partial charge < -0.3 is 9.47 Å². The molecule has 0 N–H and O–H groups in total. The molecule has 2 rings (SSSR count). The van der Waals surface area contributed by atoms with E-state index in [0.717, 1.165) is 30.9 Å². The van der Waals surface area contributed by atoms with Gasteiger partial charge in [-0.2, -0.15) is 0 Å². The van der Waals surface area contributed by atoms with Gasteiger partial charge >= 0.3 is 0 Å². The van der Waals surface area contributed by atoms with E-state index in [-0.39, 0.29) is 6.10 Å². The highest BCUT2D eigenvalue weighted by Crippen LogP contribution is 2.30. The number of ether oxygens (including phenoxy) is 2. The summed E-state index contributed by atoms with van der Waals surface area (Å²) in [5.41, 5.74) is 1.72. The molecule has 106 valence electrons. The Morgan fingerprint density at radius 2 is 2.11 bits per heavy atom. The summed E-state index contributed by atoms with van der Waals surface area (Å²) in [4.78, 5) is 0. The highest BCUT2D eigenvalue weighted by Gasteiger charge is 2.14. The van der Waals surface area contributed by atoms with E-state index in [9.17, 15) is 0 Å². The first-order chi connectivity index (χ1) is 8.94. The van der Waals surface area contributed by atoms with E-state index < -0.39 is 0 Å². The van der Waals surface area contributed by atoms with Crippen molar-refractivity contribution in [2.75, 3.05) is 6.61 Å². The predicted octanol–water partition coefficient (Wildman–Crippen LogP) is 4.61. The zero-order valence-electron chi connectivity index (χ0n) is 12.7. The van der Waals surface area contributed by atoms with Crippen LogP contribution in [0.4, 0.5) is 0 Å². The molecule has 0 radical (unpaired) electrons. The molecule has 0 aliphatic carbocycles. The quantitative estimate of drug-likeness (QED) is 0.771. The van der Waals surface area contributed by atoms with E-state index >= 15 is 0 Å². The first kappa shape index (κ1) is 14.2. The van der Waals surface area contributed by atoms with Gasteiger partial charge in [-0.3, -0.25) is 0 Å². The zero-order valence-corrected chi connectivity index (χ0v) is 12.7. The molecular formula is C17H26O2. The fourth-order valence-electron chi connectivity index (χ4n) is 2.43. The highest BCUT2D eigenvalue weighted by molar-refractivity contribution is 5.42. The van der Waals surface area contributed by atoms with E-state index in [1.807, 2.05) is 6.07 Å². The molecule has 1 aliphatic rings. The molecule has 1 heterocycles. The second kappa shape index (κ2) is 5.85. The zero-order chi connectivity index (χ0) is 13.9. The van der Waals surface area contributed by atoms with Crippen LogP contribution in [-0.2, 0) is 6.42 Å². The Morgan fingerprint density at radius 1 is 1.32 bits per heavy atom. The van der Waals surface area contributed by atoms with Gasteiger partial charge in [0.1, 0.15) is 11.5 Å². The van der Waals surface area contributed by atoms with Gasteiger partial charge in [0, 0.05) is 12.5 Å². The molecule has 0 aromatic heterocycles. The minimum Gasteiger partial charge on any atom is -0.493 e. The first-order valence-electron chi connectivity index (χ1n) is 7.36. The molecule has 2 heteroatoms. The summed E-state index contributed by atoms with van der Waals surface area (Å²) < 4.78 is 11.5. The molecular weight excluding hydrogens is 236 g/mol. The lowest BCUT2D eigenvalue weighted by Crippen LogP contribution is -2.13. The molecule has 1 aromatic rings. The van der Waals surface area contributed by atoms with Crippen molar-refractivity contribution in [1.82, 2.24) is 0 Å². The van der Waals surface area contributed by atoms with Gasteiger partial charge in [0.2, 0.25) is 0 Å². The first-order valence-corrected chi connectivity index (χ1v) is 7.36. The Balaban J connectivity index is 1.80. The van der Waals surface area contributed by atoms with Gasteiger partial charge in [-0.05, 0) is 43.2 Å². The topological polar surface area (TPSA) is 18.5 Å². The van der Waals surface area contributed by atoms with Crippen molar-refractivity contribution in [2.24, 2.45) is 5.41 Å². The van der Waals surface area contributed by atoms with Crippen LogP contribution < -0.4 is 9.47 Å².